The van der Waals surface area contributed by atoms with Gasteiger partial charge in [-0.15, -0.1) is 0 Å². The van der Waals surface area contributed by atoms with Crippen molar-refractivity contribution in [1.82, 2.24) is 0 Å². The van der Waals surface area contributed by atoms with Crippen LogP contribution in [0.15, 0.2) is 72.3 Å². The normalized spacial score (nSPS) is 15.4. The van der Waals surface area contributed by atoms with Crippen molar-refractivity contribution in [2.45, 2.75) is 97.2 Å². The molecular weight excluding hydrogens is 965 g/mol. The third-order valence-electron chi connectivity index (χ3n) is 7.20. The van der Waals surface area contributed by atoms with E-state index in [1.807, 2.05) is 88.4 Å². The van der Waals surface area contributed by atoms with Crippen LogP contribution in [0.1, 0.15) is 78.4 Å². The summed E-state index contributed by atoms with van der Waals surface area (Å²) in [5, 5.41) is 10.5. The fourth-order valence-corrected chi connectivity index (χ4v) is 26.4. The fraction of sp³-hybridized carbons (Fsp3) is 0.486. The van der Waals surface area contributed by atoms with E-state index in [-0.39, 0.29) is 33.5 Å². The molecule has 22 heteroatoms. The molecule has 1 saturated heterocycles. The second-order valence-corrected chi connectivity index (χ2v) is 29.9. The van der Waals surface area contributed by atoms with Crippen molar-refractivity contribution in [2.75, 3.05) is 14.2 Å². The van der Waals surface area contributed by atoms with Gasteiger partial charge in [0.25, 0.3) is 0 Å². The topological polar surface area (TPSA) is 135 Å². The van der Waals surface area contributed by atoms with Gasteiger partial charge in [0, 0.05) is 118 Å². The van der Waals surface area contributed by atoms with Crippen LogP contribution < -0.4 is 0 Å². The molecule has 0 aliphatic carbocycles. The third kappa shape index (κ3) is 24.5. The summed E-state index contributed by atoms with van der Waals surface area (Å²) in [6.45, 7) is 7.68. The molecule has 320 valence electrons. The number of ether oxygens (including phenoxy) is 5. The van der Waals surface area contributed by atoms with Gasteiger partial charge in [0.15, 0.2) is 11.2 Å². The van der Waals surface area contributed by atoms with Gasteiger partial charge >= 0.3 is 23.9 Å². The van der Waals surface area contributed by atoms with Crippen LogP contribution >= 0.6 is 0 Å². The van der Waals surface area contributed by atoms with Crippen LogP contribution in [0, 0.1) is 0 Å². The largest absolute Gasteiger partial charge is 0.469 e. The Hall–Kier alpha value is -1.38. The molecule has 1 aliphatic heterocycles. The molecule has 2 atom stereocenters. The van der Waals surface area contributed by atoms with Gasteiger partial charge in [0.05, 0.1) is 32.7 Å². The summed E-state index contributed by atoms with van der Waals surface area (Å²) < 4.78 is 25.6. The highest BCUT2D eigenvalue weighted by Gasteiger charge is 2.52. The Morgan fingerprint density at radius 3 is 1.61 bits per heavy atom. The SMILES string of the molecule is C.COC(=O)C[C@@]1(C(=O)OCc2ccccc2)CCC(C)(C)O1.COC(=O)C[C@](O)(CC=C(C)C)C(=O)OCc1ccccc1.S=S=S=S=S=S=S=S=S=S=S=S. The molecule has 0 aromatic heterocycles. The maximum atomic E-state index is 12.5. The van der Waals surface area contributed by atoms with Crippen LogP contribution in [0.5, 0.6) is 0 Å². The summed E-state index contributed by atoms with van der Waals surface area (Å²) in [7, 11) is 18.8. The molecule has 3 rings (SSSR count). The standard InChI is InChI=1S/2C17H22O5.CH4.S12/c1-16(2)9-10-17(22-16,11-14(18)20-3)15(19)21-12-13-7-5-4-6-8-13;1-13(2)9-10-17(20,11-15(18)21-3)16(19)22-12-14-7-5-4-6-8-14;;1-3-5-7-9-11-12-10-8-6-4-2/h4-8H,9-12H2,1-3H3;4-9,20H,10-12H2,1-3H3;1H4;/t2*17-;;/m11../s1. The highest BCUT2D eigenvalue weighted by Crippen LogP contribution is 2.41. The van der Waals surface area contributed by atoms with Crippen LogP contribution in [-0.4, -0.2) is 60.0 Å². The third-order valence-corrected chi connectivity index (χ3v) is 27.2. The van der Waals surface area contributed by atoms with Gasteiger partial charge < -0.3 is 28.8 Å². The molecule has 1 heterocycles. The molecule has 0 saturated carbocycles. The molecule has 2 aromatic carbocycles. The molecule has 0 unspecified atom stereocenters. The van der Waals surface area contributed by atoms with E-state index in [9.17, 15) is 24.3 Å². The molecule has 1 fully saturated rings. The highest BCUT2D eigenvalue weighted by atomic mass is 33.4. The zero-order valence-corrected chi connectivity index (χ0v) is 41.1. The summed E-state index contributed by atoms with van der Waals surface area (Å²) in [4.78, 5) is 47.8. The summed E-state index contributed by atoms with van der Waals surface area (Å²) in [6.07, 6.45) is 2.25. The highest BCUT2D eigenvalue weighted by molar-refractivity contribution is 8.75. The zero-order valence-electron chi connectivity index (χ0n) is 31.3. The predicted octanol–water partition coefficient (Wildman–Crippen LogP) is 5.61. The number of aliphatic hydroxyl groups is 1. The zero-order chi connectivity index (χ0) is 41.9. The molecule has 0 amide bonds. The molecule has 57 heavy (non-hydrogen) atoms. The first-order chi connectivity index (χ1) is 26.7. The maximum Gasteiger partial charge on any atom is 0.339 e. The Kier molecular flexibility index (Phi) is 30.7. The Bertz CT molecular complexity index is 2040. The van der Waals surface area contributed by atoms with Gasteiger partial charge in [0.2, 0.25) is 0 Å². The van der Waals surface area contributed by atoms with Crippen molar-refractivity contribution in [2.24, 2.45) is 0 Å². The molecular formula is C35H48O10S12. The number of carbonyl (C=O) groups excluding carboxylic acids is 4. The van der Waals surface area contributed by atoms with Crippen molar-refractivity contribution in [3.8, 4) is 0 Å². The van der Waals surface area contributed by atoms with Gasteiger partial charge in [-0.05, 0) is 51.7 Å². The Balaban J connectivity index is 0.000000857. The molecule has 1 aliphatic rings. The lowest BCUT2D eigenvalue weighted by Gasteiger charge is -2.28. The fourth-order valence-electron chi connectivity index (χ4n) is 4.49. The maximum absolute atomic E-state index is 12.5. The van der Waals surface area contributed by atoms with Gasteiger partial charge in [-0.2, -0.15) is 0 Å². The average Bonchev–Trinajstić information content (AvgIpc) is 3.51. The van der Waals surface area contributed by atoms with E-state index < -0.39 is 47.1 Å². The van der Waals surface area contributed by atoms with Gasteiger partial charge in [-0.3, -0.25) is 9.59 Å². The summed E-state index contributed by atoms with van der Waals surface area (Å²) in [6, 6.07) is 18.5. The second kappa shape index (κ2) is 31.5. The summed E-state index contributed by atoms with van der Waals surface area (Å²) >= 11 is 9.38. The number of rotatable bonds is 12. The minimum absolute atomic E-state index is 0. The van der Waals surface area contributed by atoms with Gasteiger partial charge in [-0.25, -0.2) is 9.59 Å². The van der Waals surface area contributed by atoms with Gasteiger partial charge in [0.1, 0.15) is 13.2 Å². The first-order valence-corrected chi connectivity index (χ1v) is 30.9. The van der Waals surface area contributed by atoms with Crippen LogP contribution in [0.4, 0.5) is 0 Å². The van der Waals surface area contributed by atoms with E-state index in [2.05, 4.69) is 27.1 Å². The van der Waals surface area contributed by atoms with E-state index >= 15 is 0 Å². The van der Waals surface area contributed by atoms with Gasteiger partial charge in [-0.1, -0.05) is 79.7 Å². The average molecular weight is 1010 g/mol. The molecule has 2 aromatic rings. The Labute approximate surface area is 374 Å². The predicted molar refractivity (Wildman–Crippen MR) is 257 cm³/mol. The van der Waals surface area contributed by atoms with E-state index in [0.29, 0.717) is 12.8 Å². The number of carbonyl (C=O) groups is 4. The summed E-state index contributed by atoms with van der Waals surface area (Å²) in [5.41, 5.74) is -0.997. The molecule has 0 spiro atoms. The first-order valence-electron chi connectivity index (χ1n) is 16.2. The lowest BCUT2D eigenvalue weighted by atomic mass is 9.94. The molecule has 1 N–H and O–H groups in total. The van der Waals surface area contributed by atoms with E-state index in [0.717, 1.165) is 16.7 Å². The van der Waals surface area contributed by atoms with Crippen molar-refractivity contribution in [1.29, 1.82) is 0 Å². The number of allylic oxidation sites excluding steroid dienone is 1. The van der Waals surface area contributed by atoms with E-state index in [4.69, 9.17) is 18.9 Å². The van der Waals surface area contributed by atoms with Crippen molar-refractivity contribution in [3.05, 3.63) is 83.4 Å². The van der Waals surface area contributed by atoms with Crippen LogP contribution in [0.2, 0.25) is 0 Å². The van der Waals surface area contributed by atoms with Crippen molar-refractivity contribution < 1.29 is 48.0 Å². The second-order valence-electron chi connectivity index (χ2n) is 12.2. The smallest absolute Gasteiger partial charge is 0.339 e. The Morgan fingerprint density at radius 1 is 0.754 bits per heavy atom. The lowest BCUT2D eigenvalue weighted by Crippen LogP contribution is -2.44. The van der Waals surface area contributed by atoms with E-state index in [1.54, 1.807) is 77.1 Å². The number of methoxy groups -OCH3 is 2. The number of benzene rings is 2. The number of hydrogen-bond donors (Lipinski definition) is 1. The van der Waals surface area contributed by atoms with Crippen molar-refractivity contribution >= 4 is 135 Å². The lowest BCUT2D eigenvalue weighted by molar-refractivity contribution is -0.184. The quantitative estimate of drug-likeness (QED) is 0.161. The molecule has 10 nitrogen and oxygen atoms in total. The number of esters is 4. The Morgan fingerprint density at radius 2 is 1.21 bits per heavy atom. The van der Waals surface area contributed by atoms with Crippen LogP contribution in [0.25, 0.3) is 0 Å². The van der Waals surface area contributed by atoms with Crippen molar-refractivity contribution in [3.63, 3.8) is 0 Å². The van der Waals surface area contributed by atoms with Crippen LogP contribution in [-0.2, 0) is 167 Å². The minimum Gasteiger partial charge on any atom is -0.469 e. The number of hydrogen-bond acceptors (Lipinski definition) is 12. The monoisotopic (exact) mass is 1010 g/mol. The van der Waals surface area contributed by atoms with E-state index in [1.165, 1.54) is 32.0 Å². The van der Waals surface area contributed by atoms with Crippen LogP contribution in [0.3, 0.4) is 0 Å². The minimum atomic E-state index is -1.92. The summed E-state index contributed by atoms with van der Waals surface area (Å²) in [5.74, 6) is -2.48. The molecule has 0 radical (unpaired) electrons. The molecule has 0 bridgehead atoms. The first kappa shape index (κ1) is 55.6.